The van der Waals surface area contributed by atoms with Gasteiger partial charge >= 0.3 is 0 Å². The topological polar surface area (TPSA) is 64.5 Å². The Kier molecular flexibility index (Phi) is 3.70. The van der Waals surface area contributed by atoms with Gasteiger partial charge in [-0.3, -0.25) is 0 Å². The van der Waals surface area contributed by atoms with Gasteiger partial charge in [-0.25, -0.2) is 4.98 Å². The SMILES string of the molecule is N#Cc1ccc(CNCCc2cnc[nH]2)s1. The number of aromatic nitrogens is 2. The van der Waals surface area contributed by atoms with Crippen LogP contribution in [0.2, 0.25) is 0 Å². The molecule has 0 aromatic carbocycles. The van der Waals surface area contributed by atoms with Gasteiger partial charge in [0.05, 0.1) is 6.33 Å². The zero-order chi connectivity index (χ0) is 11.2. The lowest BCUT2D eigenvalue weighted by Crippen LogP contribution is -2.16. The normalized spacial score (nSPS) is 10.2. The van der Waals surface area contributed by atoms with Crippen LogP contribution in [0.5, 0.6) is 0 Å². The van der Waals surface area contributed by atoms with Crippen molar-refractivity contribution in [2.45, 2.75) is 13.0 Å². The molecule has 0 aliphatic carbocycles. The standard InChI is InChI=1S/C11H12N4S/c12-5-10-1-2-11(16-10)7-13-4-3-9-6-14-8-15-9/h1-2,6,8,13H,3-4,7H2,(H,14,15). The van der Waals surface area contributed by atoms with Crippen LogP contribution in [0.1, 0.15) is 15.4 Å². The van der Waals surface area contributed by atoms with E-state index in [1.807, 2.05) is 18.3 Å². The van der Waals surface area contributed by atoms with E-state index in [9.17, 15) is 0 Å². The first-order valence-corrected chi connectivity index (χ1v) is 5.87. The van der Waals surface area contributed by atoms with E-state index in [4.69, 9.17) is 5.26 Å². The van der Waals surface area contributed by atoms with Gasteiger partial charge in [0.25, 0.3) is 0 Å². The zero-order valence-electron chi connectivity index (χ0n) is 8.73. The summed E-state index contributed by atoms with van der Waals surface area (Å²) in [5, 5.41) is 12.0. The van der Waals surface area contributed by atoms with E-state index in [0.29, 0.717) is 0 Å². The first kappa shape index (κ1) is 10.9. The van der Waals surface area contributed by atoms with Crippen molar-refractivity contribution in [2.75, 3.05) is 6.54 Å². The summed E-state index contributed by atoms with van der Waals surface area (Å²) in [6, 6.07) is 5.99. The van der Waals surface area contributed by atoms with Gasteiger partial charge in [0.1, 0.15) is 10.9 Å². The van der Waals surface area contributed by atoms with Crippen LogP contribution in [0.4, 0.5) is 0 Å². The number of imidazole rings is 1. The summed E-state index contributed by atoms with van der Waals surface area (Å²) < 4.78 is 0. The lowest BCUT2D eigenvalue weighted by molar-refractivity contribution is 0.687. The van der Waals surface area contributed by atoms with Crippen LogP contribution in [-0.2, 0) is 13.0 Å². The molecule has 0 aliphatic rings. The van der Waals surface area contributed by atoms with Crippen molar-refractivity contribution in [1.82, 2.24) is 15.3 Å². The number of rotatable bonds is 5. The molecule has 16 heavy (non-hydrogen) atoms. The highest BCUT2D eigenvalue weighted by atomic mass is 32.1. The molecule has 0 saturated heterocycles. The number of H-pyrrole nitrogens is 1. The molecule has 0 spiro atoms. The van der Waals surface area contributed by atoms with Gasteiger partial charge in [-0.05, 0) is 12.1 Å². The minimum atomic E-state index is 0.769. The molecule has 0 fully saturated rings. The lowest BCUT2D eigenvalue weighted by atomic mass is 10.3. The van der Waals surface area contributed by atoms with Crippen LogP contribution in [0, 0.1) is 11.3 Å². The van der Waals surface area contributed by atoms with E-state index >= 15 is 0 Å². The third-order valence-electron chi connectivity index (χ3n) is 2.20. The number of hydrogen-bond acceptors (Lipinski definition) is 4. The van der Waals surface area contributed by atoms with Gasteiger partial charge in [0, 0.05) is 36.3 Å². The second-order valence-corrected chi connectivity index (χ2v) is 4.55. The van der Waals surface area contributed by atoms with Crippen LogP contribution < -0.4 is 5.32 Å². The van der Waals surface area contributed by atoms with Gasteiger partial charge < -0.3 is 10.3 Å². The Morgan fingerprint density at radius 1 is 1.50 bits per heavy atom. The molecular formula is C11H12N4S. The molecular weight excluding hydrogens is 220 g/mol. The highest BCUT2D eigenvalue weighted by Crippen LogP contribution is 2.14. The van der Waals surface area contributed by atoms with Crippen LogP contribution >= 0.6 is 11.3 Å². The van der Waals surface area contributed by atoms with Crippen LogP contribution in [0.3, 0.4) is 0 Å². The van der Waals surface area contributed by atoms with E-state index < -0.39 is 0 Å². The summed E-state index contributed by atoms with van der Waals surface area (Å²) in [5.74, 6) is 0. The number of nitriles is 1. The predicted octanol–water partition coefficient (Wildman–Crippen LogP) is 1.68. The van der Waals surface area contributed by atoms with Crippen LogP contribution in [-0.4, -0.2) is 16.5 Å². The highest BCUT2D eigenvalue weighted by molar-refractivity contribution is 7.12. The molecule has 2 rings (SSSR count). The maximum Gasteiger partial charge on any atom is 0.110 e. The molecule has 4 nitrogen and oxygen atoms in total. The summed E-state index contributed by atoms with van der Waals surface area (Å²) in [5.41, 5.74) is 1.14. The van der Waals surface area contributed by atoms with Crippen LogP contribution in [0.25, 0.3) is 0 Å². The fraction of sp³-hybridized carbons (Fsp3) is 0.273. The van der Waals surface area contributed by atoms with Crippen molar-refractivity contribution in [3.05, 3.63) is 40.1 Å². The van der Waals surface area contributed by atoms with E-state index in [-0.39, 0.29) is 0 Å². The molecule has 0 saturated carbocycles. The molecule has 0 amide bonds. The monoisotopic (exact) mass is 232 g/mol. The van der Waals surface area contributed by atoms with Gasteiger partial charge in [-0.15, -0.1) is 11.3 Å². The number of thiophene rings is 1. The molecule has 82 valence electrons. The summed E-state index contributed by atoms with van der Waals surface area (Å²) in [4.78, 5) is 8.98. The van der Waals surface area contributed by atoms with Crippen molar-refractivity contribution < 1.29 is 0 Å². The largest absolute Gasteiger partial charge is 0.348 e. The average molecular weight is 232 g/mol. The van der Waals surface area contributed by atoms with Gasteiger partial charge in [-0.2, -0.15) is 5.26 Å². The van der Waals surface area contributed by atoms with Crippen molar-refractivity contribution in [2.24, 2.45) is 0 Å². The second-order valence-electron chi connectivity index (χ2n) is 3.38. The second kappa shape index (κ2) is 5.45. The van der Waals surface area contributed by atoms with E-state index in [1.54, 1.807) is 6.33 Å². The molecule has 2 aromatic rings. The summed E-state index contributed by atoms with van der Waals surface area (Å²) in [7, 11) is 0. The average Bonchev–Trinajstić information content (AvgIpc) is 2.95. The number of hydrogen-bond donors (Lipinski definition) is 2. The Bertz CT molecular complexity index is 466. The Hall–Kier alpha value is -1.64. The zero-order valence-corrected chi connectivity index (χ0v) is 9.55. The smallest absolute Gasteiger partial charge is 0.110 e. The minimum Gasteiger partial charge on any atom is -0.348 e. The van der Waals surface area contributed by atoms with Gasteiger partial charge in [-0.1, -0.05) is 0 Å². The van der Waals surface area contributed by atoms with E-state index in [2.05, 4.69) is 21.4 Å². The summed E-state index contributed by atoms with van der Waals surface area (Å²) >= 11 is 1.54. The minimum absolute atomic E-state index is 0.769. The molecule has 2 heterocycles. The predicted molar refractivity (Wildman–Crippen MR) is 63.0 cm³/mol. The Labute approximate surface area is 98.0 Å². The molecule has 0 unspecified atom stereocenters. The molecule has 2 N–H and O–H groups in total. The third kappa shape index (κ3) is 2.92. The number of aromatic amines is 1. The molecule has 5 heteroatoms. The molecule has 0 bridgehead atoms. The molecule has 2 aromatic heterocycles. The summed E-state index contributed by atoms with van der Waals surface area (Å²) in [6.07, 6.45) is 4.46. The quantitative estimate of drug-likeness (QED) is 0.771. The van der Waals surface area contributed by atoms with E-state index in [1.165, 1.54) is 16.2 Å². The Balaban J connectivity index is 1.70. The van der Waals surface area contributed by atoms with E-state index in [0.717, 1.165) is 30.1 Å². The Morgan fingerprint density at radius 3 is 3.12 bits per heavy atom. The first-order valence-electron chi connectivity index (χ1n) is 5.05. The number of nitrogens with zero attached hydrogens (tertiary/aromatic N) is 2. The first-order chi connectivity index (χ1) is 7.88. The fourth-order valence-corrected chi connectivity index (χ4v) is 2.16. The molecule has 0 radical (unpaired) electrons. The van der Waals surface area contributed by atoms with Crippen molar-refractivity contribution in [3.8, 4) is 6.07 Å². The Morgan fingerprint density at radius 2 is 2.44 bits per heavy atom. The van der Waals surface area contributed by atoms with Crippen molar-refractivity contribution in [1.29, 1.82) is 5.26 Å². The lowest BCUT2D eigenvalue weighted by Gasteiger charge is -2.00. The van der Waals surface area contributed by atoms with Gasteiger partial charge in [0.15, 0.2) is 0 Å². The van der Waals surface area contributed by atoms with Crippen LogP contribution in [0.15, 0.2) is 24.7 Å². The number of nitrogens with one attached hydrogen (secondary N) is 2. The third-order valence-corrected chi connectivity index (χ3v) is 3.19. The maximum atomic E-state index is 8.68. The van der Waals surface area contributed by atoms with Gasteiger partial charge in [0.2, 0.25) is 0 Å². The summed E-state index contributed by atoms with van der Waals surface area (Å²) in [6.45, 7) is 1.72. The fourth-order valence-electron chi connectivity index (χ4n) is 1.39. The van der Waals surface area contributed by atoms with Crippen molar-refractivity contribution >= 4 is 11.3 Å². The van der Waals surface area contributed by atoms with Crippen molar-refractivity contribution in [3.63, 3.8) is 0 Å². The molecule has 0 aliphatic heterocycles. The highest BCUT2D eigenvalue weighted by Gasteiger charge is 1.99. The molecule has 0 atom stereocenters. The maximum absolute atomic E-state index is 8.68.